The molecule has 0 aromatic rings. The summed E-state index contributed by atoms with van der Waals surface area (Å²) in [6.07, 6.45) is 16.1. The number of nitrogens with two attached hydrogens (primary N) is 2. The molecule has 0 radical (unpaired) electrons. The molecule has 2 heteroatoms. The largest absolute Gasteiger partial charge is 0.328 e. The summed E-state index contributed by atoms with van der Waals surface area (Å²) < 4.78 is 0. The summed E-state index contributed by atoms with van der Waals surface area (Å²) in [4.78, 5) is 0. The molecule has 0 unspecified atom stereocenters. The van der Waals surface area contributed by atoms with Gasteiger partial charge in [0.1, 0.15) is 0 Å². The van der Waals surface area contributed by atoms with Crippen molar-refractivity contribution in [1.29, 1.82) is 0 Å². The van der Waals surface area contributed by atoms with Crippen molar-refractivity contribution in [2.45, 2.75) is 103 Å². The van der Waals surface area contributed by atoms with Crippen molar-refractivity contribution in [2.75, 3.05) is 0 Å². The van der Waals surface area contributed by atoms with Crippen LogP contribution in [-0.4, -0.2) is 12.1 Å². The molecule has 0 heterocycles. The Kier molecular flexibility index (Phi) is 6.55. The van der Waals surface area contributed by atoms with E-state index in [1.165, 1.54) is 77.0 Å². The van der Waals surface area contributed by atoms with E-state index in [4.69, 9.17) is 11.5 Å². The van der Waals surface area contributed by atoms with Gasteiger partial charge in [0, 0.05) is 12.1 Å². The Labute approximate surface area is 132 Å². The van der Waals surface area contributed by atoms with Gasteiger partial charge in [0.25, 0.3) is 0 Å². The molecule has 0 bridgehead atoms. The average molecular weight is 295 g/mol. The van der Waals surface area contributed by atoms with Crippen molar-refractivity contribution in [3.8, 4) is 0 Å². The van der Waals surface area contributed by atoms with Gasteiger partial charge in [-0.05, 0) is 81.5 Å². The molecule has 4 N–H and O–H groups in total. The molecule has 0 saturated heterocycles. The van der Waals surface area contributed by atoms with Crippen LogP contribution in [0.1, 0.15) is 90.9 Å². The van der Waals surface area contributed by atoms with Crippen LogP contribution in [0.3, 0.4) is 0 Å². The van der Waals surface area contributed by atoms with Crippen molar-refractivity contribution in [3.05, 3.63) is 0 Å². The normalized spacial score (nSPS) is 34.9. The van der Waals surface area contributed by atoms with Gasteiger partial charge in [0.15, 0.2) is 0 Å². The zero-order valence-electron chi connectivity index (χ0n) is 14.4. The van der Waals surface area contributed by atoms with Gasteiger partial charge in [-0.2, -0.15) is 0 Å². The number of rotatable bonds is 6. The van der Waals surface area contributed by atoms with Crippen molar-refractivity contribution >= 4 is 0 Å². The van der Waals surface area contributed by atoms with Crippen LogP contribution in [0.2, 0.25) is 0 Å². The lowest BCUT2D eigenvalue weighted by atomic mass is 9.55. The highest BCUT2D eigenvalue weighted by atomic mass is 14.7. The lowest BCUT2D eigenvalue weighted by Gasteiger charge is -2.51. The fraction of sp³-hybridized carbons (Fsp3) is 1.00. The van der Waals surface area contributed by atoms with E-state index in [-0.39, 0.29) is 0 Å². The van der Waals surface area contributed by atoms with E-state index in [0.29, 0.717) is 17.5 Å². The molecule has 0 atom stereocenters. The van der Waals surface area contributed by atoms with Crippen LogP contribution in [0.25, 0.3) is 0 Å². The van der Waals surface area contributed by atoms with E-state index in [1.54, 1.807) is 0 Å². The zero-order valence-corrected chi connectivity index (χ0v) is 14.4. The van der Waals surface area contributed by atoms with Crippen molar-refractivity contribution in [2.24, 2.45) is 28.7 Å². The van der Waals surface area contributed by atoms with E-state index in [2.05, 4.69) is 13.8 Å². The number of hydrogen-bond donors (Lipinski definition) is 2. The first-order chi connectivity index (χ1) is 10.1. The predicted molar refractivity (Wildman–Crippen MR) is 92.1 cm³/mol. The standard InChI is InChI=1S/C19H38N2/c1-3-13-19(14-4-2,15-5-9-17(20)10-6-15)16-7-11-18(21)12-8-16/h15-18H,3-14,20-21H2,1-2H3. The molecule has 21 heavy (non-hydrogen) atoms. The smallest absolute Gasteiger partial charge is 0.00390 e. The monoisotopic (exact) mass is 294 g/mol. The SMILES string of the molecule is CCCC(CCC)(C1CCC(N)CC1)C1CCC(N)CC1. The Morgan fingerprint density at radius 2 is 1.00 bits per heavy atom. The van der Waals surface area contributed by atoms with Gasteiger partial charge in [-0.3, -0.25) is 0 Å². The molecule has 0 aromatic heterocycles. The molecule has 2 fully saturated rings. The summed E-state index contributed by atoms with van der Waals surface area (Å²) in [6.45, 7) is 4.76. The maximum absolute atomic E-state index is 6.17. The van der Waals surface area contributed by atoms with Crippen LogP contribution >= 0.6 is 0 Å². The van der Waals surface area contributed by atoms with E-state index >= 15 is 0 Å². The minimum atomic E-state index is 0.474. The van der Waals surface area contributed by atoms with Gasteiger partial charge in [-0.1, -0.05) is 26.7 Å². The zero-order chi connectivity index (χ0) is 15.3. The molecule has 2 aliphatic rings. The van der Waals surface area contributed by atoms with Crippen LogP contribution in [0.15, 0.2) is 0 Å². The summed E-state index contributed by atoms with van der Waals surface area (Å²) in [5.74, 6) is 1.85. The molecule has 2 aliphatic carbocycles. The minimum absolute atomic E-state index is 0.474. The molecule has 2 saturated carbocycles. The Balaban J connectivity index is 2.15. The Morgan fingerprint density at radius 1 is 0.667 bits per heavy atom. The van der Waals surface area contributed by atoms with E-state index in [0.717, 1.165) is 11.8 Å². The van der Waals surface area contributed by atoms with Crippen LogP contribution in [0.5, 0.6) is 0 Å². The minimum Gasteiger partial charge on any atom is -0.328 e. The van der Waals surface area contributed by atoms with E-state index in [9.17, 15) is 0 Å². The van der Waals surface area contributed by atoms with Crippen molar-refractivity contribution in [3.63, 3.8) is 0 Å². The summed E-state index contributed by atoms with van der Waals surface area (Å²) >= 11 is 0. The second-order valence-electron chi connectivity index (χ2n) is 7.96. The molecule has 124 valence electrons. The quantitative estimate of drug-likeness (QED) is 0.751. The van der Waals surface area contributed by atoms with E-state index < -0.39 is 0 Å². The van der Waals surface area contributed by atoms with Gasteiger partial charge in [0.05, 0.1) is 0 Å². The summed E-state index contributed by atoms with van der Waals surface area (Å²) in [6, 6.07) is 0.948. The van der Waals surface area contributed by atoms with Crippen LogP contribution in [0, 0.1) is 17.3 Å². The fourth-order valence-corrected chi connectivity index (χ4v) is 5.59. The van der Waals surface area contributed by atoms with Gasteiger partial charge < -0.3 is 11.5 Å². The third kappa shape index (κ3) is 4.01. The predicted octanol–water partition coefficient (Wildman–Crippen LogP) is 4.61. The molecule has 0 amide bonds. The van der Waals surface area contributed by atoms with Gasteiger partial charge in [0.2, 0.25) is 0 Å². The molecular formula is C19H38N2. The first-order valence-electron chi connectivity index (χ1n) is 9.63. The van der Waals surface area contributed by atoms with Crippen molar-refractivity contribution < 1.29 is 0 Å². The Hall–Kier alpha value is -0.0800. The molecule has 0 spiro atoms. The lowest BCUT2D eigenvalue weighted by molar-refractivity contribution is -0.000905. The molecule has 0 aromatic carbocycles. The Bertz CT molecular complexity index is 256. The Morgan fingerprint density at radius 3 is 1.29 bits per heavy atom. The summed E-state index contributed by atoms with van der Waals surface area (Å²) in [7, 11) is 0. The highest BCUT2D eigenvalue weighted by Gasteiger charge is 2.45. The lowest BCUT2D eigenvalue weighted by Crippen LogP contribution is -2.44. The third-order valence-electron chi connectivity index (χ3n) is 6.60. The molecule has 2 nitrogen and oxygen atoms in total. The van der Waals surface area contributed by atoms with Gasteiger partial charge in [-0.25, -0.2) is 0 Å². The van der Waals surface area contributed by atoms with Gasteiger partial charge in [-0.15, -0.1) is 0 Å². The maximum Gasteiger partial charge on any atom is 0.00390 e. The van der Waals surface area contributed by atoms with Crippen LogP contribution in [-0.2, 0) is 0 Å². The average Bonchev–Trinajstić information content (AvgIpc) is 2.48. The summed E-state index contributed by atoms with van der Waals surface area (Å²) in [5, 5.41) is 0. The number of hydrogen-bond acceptors (Lipinski definition) is 2. The van der Waals surface area contributed by atoms with Crippen LogP contribution < -0.4 is 11.5 Å². The highest BCUT2D eigenvalue weighted by Crippen LogP contribution is 2.54. The second-order valence-corrected chi connectivity index (χ2v) is 7.96. The molecule has 0 aliphatic heterocycles. The topological polar surface area (TPSA) is 52.0 Å². The van der Waals surface area contributed by atoms with E-state index in [1.807, 2.05) is 0 Å². The first kappa shape index (κ1) is 17.3. The summed E-state index contributed by atoms with van der Waals surface area (Å²) in [5.41, 5.74) is 12.9. The second kappa shape index (κ2) is 7.97. The first-order valence-corrected chi connectivity index (χ1v) is 9.63. The highest BCUT2D eigenvalue weighted by molar-refractivity contribution is 4.96. The molecular weight excluding hydrogens is 256 g/mol. The van der Waals surface area contributed by atoms with Gasteiger partial charge >= 0.3 is 0 Å². The maximum atomic E-state index is 6.17. The molecule has 2 rings (SSSR count). The third-order valence-corrected chi connectivity index (χ3v) is 6.60. The fourth-order valence-electron chi connectivity index (χ4n) is 5.59. The van der Waals surface area contributed by atoms with Crippen molar-refractivity contribution in [1.82, 2.24) is 0 Å². The van der Waals surface area contributed by atoms with Crippen LogP contribution in [0.4, 0.5) is 0 Å².